The fraction of sp³-hybridized carbons (Fsp3) is 0.125. The first-order valence-electron chi connectivity index (χ1n) is 6.28. The summed E-state index contributed by atoms with van der Waals surface area (Å²) in [7, 11) is 0. The minimum Gasteiger partial charge on any atom is -0.381 e. The molecule has 0 aliphatic rings. The van der Waals surface area contributed by atoms with Crippen molar-refractivity contribution in [3.05, 3.63) is 63.4 Å². The maximum Gasteiger partial charge on any atom is 0.0457 e. The molecule has 3 aromatic rings. The lowest BCUT2D eigenvalue weighted by Gasteiger charge is -2.10. The third-order valence-electron chi connectivity index (χ3n) is 3.29. The molecule has 1 aromatic heterocycles. The molecule has 0 saturated carbocycles. The number of hydrogen-bond donors (Lipinski definition) is 2. The van der Waals surface area contributed by atoms with Gasteiger partial charge in [-0.25, -0.2) is 0 Å². The molecular weight excluding hydrogens is 347 g/mol. The largest absolute Gasteiger partial charge is 0.381 e. The number of hydrogen-bond acceptors (Lipinski definition) is 1. The molecule has 0 fully saturated rings. The van der Waals surface area contributed by atoms with Gasteiger partial charge in [0.2, 0.25) is 0 Å². The van der Waals surface area contributed by atoms with E-state index in [2.05, 4.69) is 82.3 Å². The molecule has 0 bridgehead atoms. The van der Waals surface area contributed by atoms with Gasteiger partial charge in [-0.15, -0.1) is 0 Å². The van der Waals surface area contributed by atoms with Crippen molar-refractivity contribution in [2.45, 2.75) is 13.5 Å². The minimum atomic E-state index is 0.844. The number of aromatic amines is 1. The Balaban J connectivity index is 1.77. The maximum absolute atomic E-state index is 3.50. The molecule has 96 valence electrons. The summed E-state index contributed by atoms with van der Waals surface area (Å²) in [5, 5.41) is 4.75. The first-order valence-corrected chi connectivity index (χ1v) is 7.36. The standard InChI is InChI=1S/C16H15IN2/c1-11-8-14(17)4-5-15(11)19-10-12-2-3-13-6-7-18-16(13)9-12/h2-9,18-19H,10H2,1H3. The van der Waals surface area contributed by atoms with E-state index in [9.17, 15) is 0 Å². The molecule has 0 aliphatic heterocycles. The van der Waals surface area contributed by atoms with Crippen molar-refractivity contribution in [3.8, 4) is 0 Å². The summed E-state index contributed by atoms with van der Waals surface area (Å²) in [6.45, 7) is 2.98. The quantitative estimate of drug-likeness (QED) is 0.650. The summed E-state index contributed by atoms with van der Waals surface area (Å²) >= 11 is 2.34. The number of H-pyrrole nitrogens is 1. The van der Waals surface area contributed by atoms with Crippen LogP contribution in [0, 0.1) is 10.5 Å². The Hall–Kier alpha value is -1.49. The first-order chi connectivity index (χ1) is 9.22. The van der Waals surface area contributed by atoms with Crippen LogP contribution < -0.4 is 5.32 Å². The lowest BCUT2D eigenvalue weighted by Crippen LogP contribution is -2.01. The van der Waals surface area contributed by atoms with Crippen molar-refractivity contribution < 1.29 is 0 Å². The van der Waals surface area contributed by atoms with Gasteiger partial charge in [-0.05, 0) is 76.4 Å². The van der Waals surface area contributed by atoms with E-state index < -0.39 is 0 Å². The summed E-state index contributed by atoms with van der Waals surface area (Å²) in [6.07, 6.45) is 1.98. The normalized spacial score (nSPS) is 10.8. The van der Waals surface area contributed by atoms with Crippen molar-refractivity contribution in [2.75, 3.05) is 5.32 Å². The zero-order chi connectivity index (χ0) is 13.2. The second-order valence-electron chi connectivity index (χ2n) is 4.71. The van der Waals surface area contributed by atoms with Crippen LogP contribution in [-0.2, 0) is 6.54 Å². The number of rotatable bonds is 3. The van der Waals surface area contributed by atoms with E-state index in [4.69, 9.17) is 0 Å². The Morgan fingerprint density at radius 2 is 2.00 bits per heavy atom. The van der Waals surface area contributed by atoms with Crippen LogP contribution in [0.2, 0.25) is 0 Å². The third kappa shape index (κ3) is 2.76. The molecule has 19 heavy (non-hydrogen) atoms. The van der Waals surface area contributed by atoms with Gasteiger partial charge in [0.25, 0.3) is 0 Å². The number of halogens is 1. The Labute approximate surface area is 126 Å². The Bertz CT molecular complexity index is 716. The summed E-state index contributed by atoms with van der Waals surface area (Å²) in [5.41, 5.74) is 4.96. The Morgan fingerprint density at radius 3 is 2.84 bits per heavy atom. The molecular formula is C16H15IN2. The fourth-order valence-electron chi connectivity index (χ4n) is 2.23. The van der Waals surface area contributed by atoms with E-state index in [1.165, 1.54) is 31.3 Å². The third-order valence-corrected chi connectivity index (χ3v) is 3.96. The van der Waals surface area contributed by atoms with Crippen molar-refractivity contribution in [1.82, 2.24) is 4.98 Å². The van der Waals surface area contributed by atoms with Gasteiger partial charge in [0, 0.05) is 27.5 Å². The van der Waals surface area contributed by atoms with Crippen LogP contribution in [0.25, 0.3) is 10.9 Å². The van der Waals surface area contributed by atoms with Gasteiger partial charge in [-0.2, -0.15) is 0 Å². The lowest BCUT2D eigenvalue weighted by atomic mass is 10.1. The van der Waals surface area contributed by atoms with E-state index in [0.717, 1.165) is 6.54 Å². The molecule has 0 aliphatic carbocycles. The molecule has 3 heteroatoms. The summed E-state index contributed by atoms with van der Waals surface area (Å²) in [6, 6.07) is 15.1. The lowest BCUT2D eigenvalue weighted by molar-refractivity contribution is 1.14. The molecule has 0 amide bonds. The molecule has 1 heterocycles. The summed E-state index contributed by atoms with van der Waals surface area (Å²) in [4.78, 5) is 3.25. The van der Waals surface area contributed by atoms with Gasteiger partial charge in [0.05, 0.1) is 0 Å². The molecule has 2 nitrogen and oxygen atoms in total. The Morgan fingerprint density at radius 1 is 1.11 bits per heavy atom. The average molecular weight is 362 g/mol. The Kier molecular flexibility index (Phi) is 3.46. The number of nitrogens with one attached hydrogen (secondary N) is 2. The minimum absolute atomic E-state index is 0.844. The van der Waals surface area contributed by atoms with Gasteiger partial charge in [-0.1, -0.05) is 12.1 Å². The van der Waals surface area contributed by atoms with Crippen molar-refractivity contribution in [2.24, 2.45) is 0 Å². The van der Waals surface area contributed by atoms with Crippen LogP contribution in [0.3, 0.4) is 0 Å². The van der Waals surface area contributed by atoms with Gasteiger partial charge < -0.3 is 10.3 Å². The highest BCUT2D eigenvalue weighted by atomic mass is 127. The summed E-state index contributed by atoms with van der Waals surface area (Å²) < 4.78 is 1.27. The molecule has 0 unspecified atom stereocenters. The van der Waals surface area contributed by atoms with Crippen molar-refractivity contribution in [3.63, 3.8) is 0 Å². The van der Waals surface area contributed by atoms with Gasteiger partial charge in [0.15, 0.2) is 0 Å². The van der Waals surface area contributed by atoms with Crippen LogP contribution >= 0.6 is 22.6 Å². The van der Waals surface area contributed by atoms with Crippen LogP contribution in [-0.4, -0.2) is 4.98 Å². The monoisotopic (exact) mass is 362 g/mol. The van der Waals surface area contributed by atoms with E-state index in [1.807, 2.05) is 6.20 Å². The fourth-order valence-corrected chi connectivity index (χ4v) is 2.87. The van der Waals surface area contributed by atoms with Crippen molar-refractivity contribution in [1.29, 1.82) is 0 Å². The van der Waals surface area contributed by atoms with E-state index in [-0.39, 0.29) is 0 Å². The molecule has 0 atom stereocenters. The van der Waals surface area contributed by atoms with Gasteiger partial charge in [-0.3, -0.25) is 0 Å². The second-order valence-corrected chi connectivity index (χ2v) is 5.96. The van der Waals surface area contributed by atoms with E-state index in [0.29, 0.717) is 0 Å². The zero-order valence-corrected chi connectivity index (χ0v) is 12.9. The molecule has 2 aromatic carbocycles. The predicted molar refractivity (Wildman–Crippen MR) is 89.5 cm³/mol. The van der Waals surface area contributed by atoms with E-state index in [1.54, 1.807) is 0 Å². The molecule has 0 saturated heterocycles. The zero-order valence-electron chi connectivity index (χ0n) is 10.7. The van der Waals surface area contributed by atoms with Crippen molar-refractivity contribution >= 4 is 39.2 Å². The smallest absolute Gasteiger partial charge is 0.0457 e. The number of benzene rings is 2. The highest BCUT2D eigenvalue weighted by Crippen LogP contribution is 2.19. The van der Waals surface area contributed by atoms with E-state index >= 15 is 0 Å². The van der Waals surface area contributed by atoms with Gasteiger partial charge in [0.1, 0.15) is 0 Å². The highest BCUT2D eigenvalue weighted by Gasteiger charge is 2.00. The topological polar surface area (TPSA) is 27.8 Å². The highest BCUT2D eigenvalue weighted by molar-refractivity contribution is 14.1. The van der Waals surface area contributed by atoms with Crippen LogP contribution in [0.5, 0.6) is 0 Å². The predicted octanol–water partition coefficient (Wildman–Crippen LogP) is 4.69. The SMILES string of the molecule is Cc1cc(I)ccc1NCc1ccc2cc[nH]c2c1. The van der Waals surface area contributed by atoms with Crippen LogP contribution in [0.4, 0.5) is 5.69 Å². The van der Waals surface area contributed by atoms with Crippen LogP contribution in [0.1, 0.15) is 11.1 Å². The molecule has 0 spiro atoms. The number of fused-ring (bicyclic) bond motifs is 1. The number of aromatic nitrogens is 1. The van der Waals surface area contributed by atoms with Gasteiger partial charge >= 0.3 is 0 Å². The molecule has 0 radical (unpaired) electrons. The number of aryl methyl sites for hydroxylation is 1. The number of anilines is 1. The first kappa shape index (κ1) is 12.5. The molecule has 3 rings (SSSR count). The average Bonchev–Trinajstić information content (AvgIpc) is 2.85. The summed E-state index contributed by atoms with van der Waals surface area (Å²) in [5.74, 6) is 0. The molecule has 2 N–H and O–H groups in total. The second kappa shape index (κ2) is 5.25. The maximum atomic E-state index is 3.50. The van der Waals surface area contributed by atoms with Crippen LogP contribution in [0.15, 0.2) is 48.7 Å².